The Bertz CT molecular complexity index is 741. The zero-order valence-electron chi connectivity index (χ0n) is 14.6. The summed E-state index contributed by atoms with van der Waals surface area (Å²) in [4.78, 5) is 17.4. The molecule has 0 aliphatic heterocycles. The molecule has 1 aliphatic rings. The van der Waals surface area contributed by atoms with E-state index in [1.807, 2.05) is 6.07 Å². The Morgan fingerprint density at radius 3 is 2.73 bits per heavy atom. The Morgan fingerprint density at radius 1 is 1.23 bits per heavy atom. The normalized spacial score (nSPS) is 15.4. The van der Waals surface area contributed by atoms with Gasteiger partial charge in [-0.1, -0.05) is 43.4 Å². The summed E-state index contributed by atoms with van der Waals surface area (Å²) in [6, 6.07) is 7.20. The van der Waals surface area contributed by atoms with Gasteiger partial charge in [-0.3, -0.25) is 9.78 Å². The number of halogens is 1. The molecule has 1 saturated carbocycles. The number of nitrogens with one attached hydrogen (secondary N) is 1. The molecule has 6 heteroatoms. The van der Waals surface area contributed by atoms with E-state index in [1.54, 1.807) is 30.6 Å². The number of pyridine rings is 1. The van der Waals surface area contributed by atoms with Crippen LogP contribution in [0.3, 0.4) is 0 Å². The average Bonchev–Trinajstić information content (AvgIpc) is 2.90. The molecule has 2 aromatic rings. The fraction of sp³-hybridized carbons (Fsp3) is 0.400. The van der Waals surface area contributed by atoms with Crippen LogP contribution in [0.25, 0.3) is 0 Å². The number of hydrogen-bond donors (Lipinski definition) is 2. The van der Waals surface area contributed by atoms with E-state index in [4.69, 9.17) is 11.6 Å². The molecule has 1 fully saturated rings. The summed E-state index contributed by atoms with van der Waals surface area (Å²) in [7, 11) is 0. The lowest BCUT2D eigenvalue weighted by Crippen LogP contribution is -2.34. The van der Waals surface area contributed by atoms with E-state index in [-0.39, 0.29) is 17.7 Å². The number of carbonyl (C=O) groups is 1. The highest BCUT2D eigenvalue weighted by molar-refractivity contribution is 7.98. The van der Waals surface area contributed by atoms with E-state index < -0.39 is 0 Å². The molecule has 1 heterocycles. The first kappa shape index (κ1) is 19.1. The number of hydrogen-bond acceptors (Lipinski definition) is 4. The molecule has 0 radical (unpaired) electrons. The highest BCUT2D eigenvalue weighted by Gasteiger charge is 2.16. The molecule has 3 rings (SSSR count). The van der Waals surface area contributed by atoms with Gasteiger partial charge >= 0.3 is 0 Å². The highest BCUT2D eigenvalue weighted by Crippen LogP contribution is 2.36. The van der Waals surface area contributed by atoms with Crippen molar-refractivity contribution in [2.75, 3.05) is 0 Å². The van der Waals surface area contributed by atoms with Crippen LogP contribution in [0.4, 0.5) is 0 Å². The van der Waals surface area contributed by atoms with Crippen LogP contribution >= 0.6 is 23.4 Å². The first-order valence-corrected chi connectivity index (χ1v) is 10.3. The van der Waals surface area contributed by atoms with Crippen molar-refractivity contribution in [3.8, 4) is 5.75 Å². The van der Waals surface area contributed by atoms with E-state index in [0.29, 0.717) is 21.2 Å². The third-order valence-electron chi connectivity index (χ3n) is 4.58. The second-order valence-electron chi connectivity index (χ2n) is 6.62. The second-order valence-corrected chi connectivity index (χ2v) is 8.01. The molecule has 26 heavy (non-hydrogen) atoms. The van der Waals surface area contributed by atoms with Gasteiger partial charge in [-0.15, -0.1) is 11.8 Å². The number of phenolic OH excluding ortho intramolecular Hbond substituents is 1. The van der Waals surface area contributed by atoms with Gasteiger partial charge in [0.15, 0.2) is 0 Å². The van der Waals surface area contributed by atoms with Gasteiger partial charge < -0.3 is 10.4 Å². The third kappa shape index (κ3) is 5.15. The van der Waals surface area contributed by atoms with Gasteiger partial charge in [0.05, 0.1) is 15.5 Å². The summed E-state index contributed by atoms with van der Waals surface area (Å²) in [5, 5.41) is 13.6. The Kier molecular flexibility index (Phi) is 6.80. The molecule has 0 unspecified atom stereocenters. The SMILES string of the molecule is O=C(NC1CCCCCC1)c1cncc(CSc2c(O)cccc2Cl)c1. The minimum Gasteiger partial charge on any atom is -0.507 e. The minimum atomic E-state index is -0.0585. The van der Waals surface area contributed by atoms with Crippen LogP contribution in [0.15, 0.2) is 41.6 Å². The number of benzene rings is 1. The second kappa shape index (κ2) is 9.28. The van der Waals surface area contributed by atoms with Crippen molar-refractivity contribution in [1.82, 2.24) is 10.3 Å². The molecule has 1 aliphatic carbocycles. The number of phenols is 1. The molecule has 1 aromatic carbocycles. The van der Waals surface area contributed by atoms with Crippen LogP contribution in [0.5, 0.6) is 5.75 Å². The van der Waals surface area contributed by atoms with Gasteiger partial charge in [0, 0.05) is 24.2 Å². The quantitative estimate of drug-likeness (QED) is 0.545. The van der Waals surface area contributed by atoms with E-state index >= 15 is 0 Å². The maximum atomic E-state index is 12.5. The lowest BCUT2D eigenvalue weighted by molar-refractivity contribution is 0.0933. The van der Waals surface area contributed by atoms with Gasteiger partial charge in [-0.2, -0.15) is 0 Å². The Hall–Kier alpha value is -1.72. The first-order valence-electron chi connectivity index (χ1n) is 8.98. The number of carbonyl (C=O) groups excluding carboxylic acids is 1. The predicted molar refractivity (Wildman–Crippen MR) is 106 cm³/mol. The van der Waals surface area contributed by atoms with Gasteiger partial charge in [0.2, 0.25) is 0 Å². The fourth-order valence-electron chi connectivity index (χ4n) is 3.18. The van der Waals surface area contributed by atoms with Crippen molar-refractivity contribution in [3.63, 3.8) is 0 Å². The lowest BCUT2D eigenvalue weighted by Gasteiger charge is -2.16. The summed E-state index contributed by atoms with van der Waals surface area (Å²) in [5.74, 6) is 0.684. The molecule has 1 amide bonds. The summed E-state index contributed by atoms with van der Waals surface area (Å²) in [5.41, 5.74) is 1.50. The summed E-state index contributed by atoms with van der Waals surface area (Å²) < 4.78 is 0. The molecule has 138 valence electrons. The number of rotatable bonds is 5. The minimum absolute atomic E-state index is 0.0585. The number of amides is 1. The molecule has 1 aromatic heterocycles. The van der Waals surface area contributed by atoms with Gasteiger partial charge in [0.1, 0.15) is 5.75 Å². The van der Waals surface area contributed by atoms with Gasteiger partial charge in [-0.25, -0.2) is 0 Å². The molecule has 4 nitrogen and oxygen atoms in total. The lowest BCUT2D eigenvalue weighted by atomic mass is 10.1. The molecular formula is C20H23ClN2O2S. The van der Waals surface area contributed by atoms with E-state index in [9.17, 15) is 9.90 Å². The van der Waals surface area contributed by atoms with Crippen LogP contribution in [0, 0.1) is 0 Å². The van der Waals surface area contributed by atoms with E-state index in [1.165, 1.54) is 37.4 Å². The maximum absolute atomic E-state index is 12.5. The topological polar surface area (TPSA) is 62.2 Å². The molecular weight excluding hydrogens is 368 g/mol. The zero-order valence-corrected chi connectivity index (χ0v) is 16.2. The number of thioether (sulfide) groups is 1. The highest BCUT2D eigenvalue weighted by atomic mass is 35.5. The van der Waals surface area contributed by atoms with E-state index in [2.05, 4.69) is 10.3 Å². The molecule has 2 N–H and O–H groups in total. The van der Waals surface area contributed by atoms with Crippen LogP contribution in [-0.2, 0) is 5.75 Å². The Balaban J connectivity index is 1.63. The van der Waals surface area contributed by atoms with Crippen LogP contribution in [0.1, 0.15) is 54.4 Å². The van der Waals surface area contributed by atoms with E-state index in [0.717, 1.165) is 18.4 Å². The molecule has 0 saturated heterocycles. The Labute approximate surface area is 163 Å². The average molecular weight is 391 g/mol. The fourth-order valence-corrected chi connectivity index (χ4v) is 4.40. The number of aromatic nitrogens is 1. The summed E-state index contributed by atoms with van der Waals surface area (Å²) in [6.07, 6.45) is 10.3. The van der Waals surface area contributed by atoms with Crippen molar-refractivity contribution in [3.05, 3.63) is 52.8 Å². The zero-order chi connectivity index (χ0) is 18.4. The van der Waals surface area contributed by atoms with Crippen molar-refractivity contribution < 1.29 is 9.90 Å². The first-order chi connectivity index (χ1) is 12.6. The smallest absolute Gasteiger partial charge is 0.253 e. The van der Waals surface area contributed by atoms with Crippen LogP contribution < -0.4 is 5.32 Å². The van der Waals surface area contributed by atoms with Crippen molar-refractivity contribution in [1.29, 1.82) is 0 Å². The van der Waals surface area contributed by atoms with Crippen molar-refractivity contribution in [2.45, 2.75) is 55.2 Å². The standard InChI is InChI=1S/C20H23ClN2O2S/c21-17-8-5-9-18(24)19(17)26-13-14-10-15(12-22-11-14)20(25)23-16-6-3-1-2-4-7-16/h5,8-12,16,24H,1-4,6-7,13H2,(H,23,25). The summed E-state index contributed by atoms with van der Waals surface area (Å²) >= 11 is 7.57. The molecule has 0 atom stereocenters. The number of nitrogens with zero attached hydrogens (tertiary/aromatic N) is 1. The third-order valence-corrected chi connectivity index (χ3v) is 6.20. The van der Waals surface area contributed by atoms with Crippen LogP contribution in [0.2, 0.25) is 5.02 Å². The molecule has 0 spiro atoms. The van der Waals surface area contributed by atoms with Crippen molar-refractivity contribution in [2.24, 2.45) is 0 Å². The van der Waals surface area contributed by atoms with Gasteiger partial charge in [-0.05, 0) is 36.6 Å². The maximum Gasteiger partial charge on any atom is 0.253 e. The predicted octanol–water partition coefficient (Wildman–Crippen LogP) is 5.19. The van der Waals surface area contributed by atoms with Crippen molar-refractivity contribution >= 4 is 29.3 Å². The monoisotopic (exact) mass is 390 g/mol. The Morgan fingerprint density at radius 2 is 2.00 bits per heavy atom. The molecule has 0 bridgehead atoms. The largest absolute Gasteiger partial charge is 0.507 e. The van der Waals surface area contributed by atoms with Gasteiger partial charge in [0.25, 0.3) is 5.91 Å². The number of aromatic hydroxyl groups is 1. The van der Waals surface area contributed by atoms with Crippen LogP contribution in [-0.4, -0.2) is 22.0 Å². The summed E-state index contributed by atoms with van der Waals surface area (Å²) in [6.45, 7) is 0.